The van der Waals surface area contributed by atoms with E-state index >= 15 is 0 Å². The third-order valence-corrected chi connectivity index (χ3v) is 3.35. The van der Waals surface area contributed by atoms with Crippen LogP contribution in [0.4, 0.5) is 4.79 Å². The van der Waals surface area contributed by atoms with E-state index in [4.69, 9.17) is 5.11 Å². The lowest BCUT2D eigenvalue weighted by Gasteiger charge is -2.27. The average Bonchev–Trinajstić information content (AvgIpc) is 2.75. The molecule has 0 saturated carbocycles. The Kier molecular flexibility index (Phi) is 5.91. The van der Waals surface area contributed by atoms with Crippen LogP contribution in [0.2, 0.25) is 0 Å². The summed E-state index contributed by atoms with van der Waals surface area (Å²) in [6.45, 7) is 5.13. The first-order chi connectivity index (χ1) is 8.54. The van der Waals surface area contributed by atoms with Crippen LogP contribution in [-0.4, -0.2) is 66.2 Å². The molecular formula is C12H23N3O3. The molecule has 0 aromatic heterocycles. The predicted octanol–water partition coefficient (Wildman–Crippen LogP) is 0.587. The Morgan fingerprint density at radius 1 is 1.50 bits per heavy atom. The fraction of sp³-hybridized carbons (Fsp3) is 0.833. The molecule has 0 aromatic rings. The first-order valence-corrected chi connectivity index (χ1v) is 6.49. The number of carbonyl (C=O) groups excluding carboxylic acids is 1. The van der Waals surface area contributed by atoms with Crippen molar-refractivity contribution >= 4 is 12.0 Å². The molecule has 1 aliphatic heterocycles. The van der Waals surface area contributed by atoms with Gasteiger partial charge in [0.1, 0.15) is 0 Å². The number of rotatable bonds is 6. The summed E-state index contributed by atoms with van der Waals surface area (Å²) in [5, 5.41) is 11.1. The van der Waals surface area contributed by atoms with Crippen molar-refractivity contribution in [1.82, 2.24) is 15.1 Å². The van der Waals surface area contributed by atoms with Crippen LogP contribution in [0.15, 0.2) is 0 Å². The average molecular weight is 257 g/mol. The van der Waals surface area contributed by atoms with Gasteiger partial charge in [0.05, 0.1) is 6.42 Å². The quantitative estimate of drug-likeness (QED) is 0.730. The molecule has 18 heavy (non-hydrogen) atoms. The summed E-state index contributed by atoms with van der Waals surface area (Å²) < 4.78 is 0. The second-order valence-corrected chi connectivity index (χ2v) is 4.68. The van der Waals surface area contributed by atoms with Gasteiger partial charge in [-0.3, -0.25) is 9.69 Å². The Bertz CT molecular complexity index is 296. The number of hydrogen-bond acceptors (Lipinski definition) is 3. The van der Waals surface area contributed by atoms with Crippen molar-refractivity contribution in [2.24, 2.45) is 0 Å². The number of likely N-dealkylation sites (N-methyl/N-ethyl adjacent to an activating group) is 2. The van der Waals surface area contributed by atoms with Gasteiger partial charge in [0, 0.05) is 26.2 Å². The summed E-state index contributed by atoms with van der Waals surface area (Å²) in [7, 11) is 1.75. The second-order valence-electron chi connectivity index (χ2n) is 4.68. The Morgan fingerprint density at radius 3 is 2.83 bits per heavy atom. The molecule has 2 amide bonds. The first-order valence-electron chi connectivity index (χ1n) is 6.49. The van der Waals surface area contributed by atoms with Crippen LogP contribution >= 0.6 is 0 Å². The van der Waals surface area contributed by atoms with Crippen molar-refractivity contribution in [1.29, 1.82) is 0 Å². The van der Waals surface area contributed by atoms with Crippen molar-refractivity contribution < 1.29 is 14.7 Å². The summed E-state index contributed by atoms with van der Waals surface area (Å²) >= 11 is 0. The lowest BCUT2D eigenvalue weighted by Crippen LogP contribution is -2.45. The monoisotopic (exact) mass is 257 g/mol. The van der Waals surface area contributed by atoms with Crippen molar-refractivity contribution in [3.05, 3.63) is 0 Å². The highest BCUT2D eigenvalue weighted by molar-refractivity contribution is 5.75. The van der Waals surface area contributed by atoms with Crippen molar-refractivity contribution in [3.63, 3.8) is 0 Å². The molecule has 1 atom stereocenters. The van der Waals surface area contributed by atoms with E-state index in [2.05, 4.69) is 17.1 Å². The van der Waals surface area contributed by atoms with Gasteiger partial charge in [-0.2, -0.15) is 0 Å². The lowest BCUT2D eigenvalue weighted by molar-refractivity contribution is -0.136. The molecule has 0 spiro atoms. The normalized spacial score (nSPS) is 19.8. The molecule has 1 heterocycles. The van der Waals surface area contributed by atoms with Gasteiger partial charge in [-0.1, -0.05) is 6.92 Å². The summed E-state index contributed by atoms with van der Waals surface area (Å²) in [4.78, 5) is 26.1. The number of aliphatic carboxylic acids is 1. The lowest BCUT2D eigenvalue weighted by atomic mass is 10.2. The molecule has 0 bridgehead atoms. The molecule has 1 unspecified atom stereocenters. The van der Waals surface area contributed by atoms with Gasteiger partial charge in [-0.15, -0.1) is 0 Å². The summed E-state index contributed by atoms with van der Waals surface area (Å²) in [5.74, 6) is -0.897. The Labute approximate surface area is 108 Å². The van der Waals surface area contributed by atoms with Gasteiger partial charge in [0.25, 0.3) is 0 Å². The third kappa shape index (κ3) is 4.52. The minimum atomic E-state index is -0.897. The molecule has 0 radical (unpaired) electrons. The minimum Gasteiger partial charge on any atom is -0.481 e. The van der Waals surface area contributed by atoms with Crippen LogP contribution in [0.25, 0.3) is 0 Å². The number of hydrogen-bond donors (Lipinski definition) is 2. The Hall–Kier alpha value is -1.30. The standard InChI is InChI=1S/C12H23N3O3/c1-3-15-8-4-5-10(15)9-14(2)12(18)13-7-6-11(16)17/h10H,3-9H2,1-2H3,(H,13,18)(H,16,17). The van der Waals surface area contributed by atoms with Gasteiger partial charge in [0.15, 0.2) is 0 Å². The maximum absolute atomic E-state index is 11.7. The highest BCUT2D eigenvalue weighted by Crippen LogP contribution is 2.17. The molecule has 0 aromatic carbocycles. The number of nitrogens with one attached hydrogen (secondary N) is 1. The Balaban J connectivity index is 2.28. The molecule has 2 N–H and O–H groups in total. The number of likely N-dealkylation sites (tertiary alicyclic amines) is 1. The van der Waals surface area contributed by atoms with E-state index in [1.54, 1.807) is 11.9 Å². The molecule has 1 saturated heterocycles. The zero-order valence-corrected chi connectivity index (χ0v) is 11.2. The smallest absolute Gasteiger partial charge is 0.317 e. The fourth-order valence-corrected chi connectivity index (χ4v) is 2.33. The van der Waals surface area contributed by atoms with Crippen LogP contribution in [0.1, 0.15) is 26.2 Å². The number of amides is 2. The predicted molar refractivity (Wildman–Crippen MR) is 68.6 cm³/mol. The van der Waals surface area contributed by atoms with Crippen LogP contribution in [-0.2, 0) is 4.79 Å². The number of nitrogens with zero attached hydrogens (tertiary/aromatic N) is 2. The van der Waals surface area contributed by atoms with Crippen molar-refractivity contribution in [2.75, 3.05) is 33.2 Å². The number of carbonyl (C=O) groups is 2. The Morgan fingerprint density at radius 2 is 2.22 bits per heavy atom. The van der Waals surface area contributed by atoms with E-state index in [0.717, 1.165) is 19.5 Å². The number of urea groups is 1. The summed E-state index contributed by atoms with van der Waals surface area (Å²) in [6, 6.07) is 0.240. The van der Waals surface area contributed by atoms with Gasteiger partial charge in [0.2, 0.25) is 0 Å². The SMILES string of the molecule is CCN1CCCC1CN(C)C(=O)NCCC(=O)O. The molecule has 1 fully saturated rings. The molecule has 6 heteroatoms. The van der Waals surface area contributed by atoms with Gasteiger partial charge in [-0.25, -0.2) is 4.79 Å². The van der Waals surface area contributed by atoms with Gasteiger partial charge >= 0.3 is 12.0 Å². The third-order valence-electron chi connectivity index (χ3n) is 3.35. The number of carboxylic acids is 1. The maximum atomic E-state index is 11.7. The van der Waals surface area contributed by atoms with E-state index in [1.807, 2.05) is 0 Å². The van der Waals surface area contributed by atoms with E-state index < -0.39 is 5.97 Å². The van der Waals surface area contributed by atoms with Crippen LogP contribution in [0, 0.1) is 0 Å². The van der Waals surface area contributed by atoms with Gasteiger partial charge in [-0.05, 0) is 25.9 Å². The highest BCUT2D eigenvalue weighted by Gasteiger charge is 2.25. The minimum absolute atomic E-state index is 0.0376. The molecule has 1 rings (SSSR count). The van der Waals surface area contributed by atoms with Crippen LogP contribution in [0.5, 0.6) is 0 Å². The first kappa shape index (κ1) is 14.8. The fourth-order valence-electron chi connectivity index (χ4n) is 2.33. The highest BCUT2D eigenvalue weighted by atomic mass is 16.4. The summed E-state index contributed by atoms with van der Waals surface area (Å²) in [6.07, 6.45) is 2.28. The van der Waals surface area contributed by atoms with E-state index in [1.165, 1.54) is 6.42 Å². The topological polar surface area (TPSA) is 72.9 Å². The van der Waals surface area contributed by atoms with Crippen LogP contribution < -0.4 is 5.32 Å². The molecule has 0 aliphatic carbocycles. The zero-order chi connectivity index (χ0) is 13.5. The zero-order valence-electron chi connectivity index (χ0n) is 11.2. The molecule has 6 nitrogen and oxygen atoms in total. The number of carboxylic acid groups (broad SMARTS) is 1. The maximum Gasteiger partial charge on any atom is 0.317 e. The van der Waals surface area contributed by atoms with E-state index in [-0.39, 0.29) is 19.0 Å². The van der Waals surface area contributed by atoms with Crippen LogP contribution in [0.3, 0.4) is 0 Å². The van der Waals surface area contributed by atoms with Gasteiger partial charge < -0.3 is 15.3 Å². The van der Waals surface area contributed by atoms with E-state index in [9.17, 15) is 9.59 Å². The van der Waals surface area contributed by atoms with E-state index in [0.29, 0.717) is 12.6 Å². The molecule has 1 aliphatic rings. The summed E-state index contributed by atoms with van der Waals surface area (Å²) in [5.41, 5.74) is 0. The van der Waals surface area contributed by atoms with Crippen molar-refractivity contribution in [3.8, 4) is 0 Å². The second kappa shape index (κ2) is 7.20. The molecular weight excluding hydrogens is 234 g/mol. The van der Waals surface area contributed by atoms with Crippen molar-refractivity contribution in [2.45, 2.75) is 32.2 Å². The largest absolute Gasteiger partial charge is 0.481 e. The molecule has 104 valence electrons.